The zero-order chi connectivity index (χ0) is 13.9. The molecule has 0 heteroatoms. The van der Waals surface area contributed by atoms with Crippen LogP contribution in [0, 0.1) is 0 Å². The molecule has 0 amide bonds. The fourth-order valence-corrected chi connectivity index (χ4v) is 3.46. The fourth-order valence-electron chi connectivity index (χ4n) is 3.46. The van der Waals surface area contributed by atoms with E-state index in [2.05, 4.69) is 24.3 Å². The first kappa shape index (κ1) is 15.6. The molecule has 20 heavy (non-hydrogen) atoms. The highest BCUT2D eigenvalue weighted by atomic mass is 14.1. The van der Waals surface area contributed by atoms with Gasteiger partial charge in [-0.3, -0.25) is 0 Å². The molecule has 0 saturated carbocycles. The maximum absolute atomic E-state index is 2.43. The van der Waals surface area contributed by atoms with Crippen LogP contribution in [0.5, 0.6) is 0 Å². The highest BCUT2D eigenvalue weighted by Gasteiger charge is 2.07. The van der Waals surface area contributed by atoms with Crippen LogP contribution in [0.1, 0.15) is 89.9 Å². The van der Waals surface area contributed by atoms with Crippen molar-refractivity contribution in [3.63, 3.8) is 0 Å². The van der Waals surface area contributed by atoms with Crippen molar-refractivity contribution >= 4 is 0 Å². The Balaban J connectivity index is 2.05. The summed E-state index contributed by atoms with van der Waals surface area (Å²) in [5.74, 6) is 0. The first-order chi connectivity index (χ1) is 9.97. The molecule has 0 atom stereocenters. The van der Waals surface area contributed by atoms with Crippen LogP contribution < -0.4 is 0 Å². The van der Waals surface area contributed by atoms with Crippen LogP contribution in [0.3, 0.4) is 0 Å². The molecule has 2 aliphatic rings. The Hall–Kier alpha value is -0.780. The Morgan fingerprint density at radius 3 is 1.30 bits per heavy atom. The molecule has 2 aliphatic carbocycles. The van der Waals surface area contributed by atoms with Crippen molar-refractivity contribution in [1.82, 2.24) is 0 Å². The summed E-state index contributed by atoms with van der Waals surface area (Å²) in [5, 5.41) is 0. The Bertz CT molecular complexity index is 309. The molecule has 0 heterocycles. The summed E-state index contributed by atoms with van der Waals surface area (Å²) in [6.45, 7) is 0. The highest BCUT2D eigenvalue weighted by molar-refractivity contribution is 5.21. The number of allylic oxidation sites excluding steroid dienone is 6. The quantitative estimate of drug-likeness (QED) is 0.421. The van der Waals surface area contributed by atoms with E-state index in [-0.39, 0.29) is 0 Å². The average Bonchev–Trinajstić information content (AvgIpc) is 2.46. The minimum atomic E-state index is 1.22. The summed E-state index contributed by atoms with van der Waals surface area (Å²) in [6.07, 6.45) is 28.8. The molecule has 112 valence electrons. The van der Waals surface area contributed by atoms with E-state index in [1.807, 2.05) is 0 Å². The van der Waals surface area contributed by atoms with E-state index >= 15 is 0 Å². The van der Waals surface area contributed by atoms with Crippen molar-refractivity contribution < 1.29 is 0 Å². The van der Waals surface area contributed by atoms with E-state index in [0.29, 0.717) is 0 Å². The van der Waals surface area contributed by atoms with Crippen molar-refractivity contribution in [3.8, 4) is 0 Å². The predicted molar refractivity (Wildman–Crippen MR) is 89.9 cm³/mol. The molecule has 0 spiro atoms. The smallest absolute Gasteiger partial charge is 0.0136 e. The topological polar surface area (TPSA) is 0 Å². The van der Waals surface area contributed by atoms with Crippen molar-refractivity contribution in [2.24, 2.45) is 0 Å². The second-order valence-electron chi connectivity index (χ2n) is 6.46. The van der Waals surface area contributed by atoms with Crippen molar-refractivity contribution in [1.29, 1.82) is 0 Å². The van der Waals surface area contributed by atoms with Gasteiger partial charge in [0.2, 0.25) is 0 Å². The summed E-state index contributed by atoms with van der Waals surface area (Å²) >= 11 is 0. The van der Waals surface area contributed by atoms with Crippen LogP contribution >= 0.6 is 0 Å². The lowest BCUT2D eigenvalue weighted by Crippen LogP contribution is -1.96. The third-order valence-corrected chi connectivity index (χ3v) is 4.77. The maximum atomic E-state index is 2.43. The van der Waals surface area contributed by atoms with E-state index in [9.17, 15) is 0 Å². The first-order valence-electron chi connectivity index (χ1n) is 8.96. The zero-order valence-electron chi connectivity index (χ0n) is 13.2. The number of hydrogen-bond acceptors (Lipinski definition) is 0. The molecule has 0 bridgehead atoms. The van der Waals surface area contributed by atoms with Gasteiger partial charge in [0.1, 0.15) is 0 Å². The largest absolute Gasteiger partial charge is 0.0879 e. The van der Waals surface area contributed by atoms with Crippen LogP contribution in [0.4, 0.5) is 0 Å². The second-order valence-corrected chi connectivity index (χ2v) is 6.46. The average molecular weight is 272 g/mol. The standard InChI is InChI=1S/C20H32/c1-2-4-8-12-16-20-18-14-10-6-5-9-13-17-19(20)15-11-7-3-1/h9-10,13-14H,1-8,11-12,15-18H2/b13-9+,14-10+,20-19-. The minimum Gasteiger partial charge on any atom is -0.0879 e. The van der Waals surface area contributed by atoms with Gasteiger partial charge in [-0.1, -0.05) is 74.0 Å². The molecule has 0 nitrogen and oxygen atoms in total. The van der Waals surface area contributed by atoms with Gasteiger partial charge in [0, 0.05) is 0 Å². The molecule has 0 N–H and O–H groups in total. The van der Waals surface area contributed by atoms with Crippen molar-refractivity contribution in [2.45, 2.75) is 89.9 Å². The van der Waals surface area contributed by atoms with Crippen molar-refractivity contribution in [3.05, 3.63) is 35.5 Å². The summed E-state index contributed by atoms with van der Waals surface area (Å²) in [6, 6.07) is 0. The molecule has 2 rings (SSSR count). The summed E-state index contributed by atoms with van der Waals surface area (Å²) in [5.41, 5.74) is 3.54. The van der Waals surface area contributed by atoms with Gasteiger partial charge >= 0.3 is 0 Å². The third-order valence-electron chi connectivity index (χ3n) is 4.77. The maximum Gasteiger partial charge on any atom is -0.0136 e. The van der Waals surface area contributed by atoms with Crippen molar-refractivity contribution in [2.75, 3.05) is 0 Å². The molecule has 0 saturated heterocycles. The number of rotatable bonds is 0. The Labute approximate surface area is 126 Å². The SMILES string of the molecule is C1=C/C/C2=C(\C/C=C/CC/1)CCCCCCCCCC2. The van der Waals surface area contributed by atoms with Gasteiger partial charge in [0.15, 0.2) is 0 Å². The molecule has 0 aromatic rings. The molecular formula is C20H32. The molecule has 0 unspecified atom stereocenters. The van der Waals surface area contributed by atoms with Gasteiger partial charge < -0.3 is 0 Å². The van der Waals surface area contributed by atoms with Crippen LogP contribution in [0.2, 0.25) is 0 Å². The molecular weight excluding hydrogens is 240 g/mol. The van der Waals surface area contributed by atoms with E-state index in [4.69, 9.17) is 0 Å². The van der Waals surface area contributed by atoms with E-state index < -0.39 is 0 Å². The Morgan fingerprint density at radius 1 is 0.450 bits per heavy atom. The predicted octanol–water partition coefficient (Wildman–Crippen LogP) is 6.88. The zero-order valence-corrected chi connectivity index (χ0v) is 13.2. The molecule has 0 fully saturated rings. The molecule has 0 aliphatic heterocycles. The Kier molecular flexibility index (Phi) is 7.82. The van der Waals surface area contributed by atoms with E-state index in [1.165, 1.54) is 89.9 Å². The van der Waals surface area contributed by atoms with Gasteiger partial charge in [0.25, 0.3) is 0 Å². The lowest BCUT2D eigenvalue weighted by atomic mass is 9.91. The summed E-state index contributed by atoms with van der Waals surface area (Å²) in [4.78, 5) is 0. The molecule has 0 aromatic carbocycles. The summed E-state index contributed by atoms with van der Waals surface area (Å²) in [7, 11) is 0. The lowest BCUT2D eigenvalue weighted by Gasteiger charge is -2.16. The van der Waals surface area contributed by atoms with Gasteiger partial charge in [-0.15, -0.1) is 0 Å². The second kappa shape index (κ2) is 10.0. The lowest BCUT2D eigenvalue weighted by molar-refractivity contribution is 0.554. The monoisotopic (exact) mass is 272 g/mol. The minimum absolute atomic E-state index is 1.22. The van der Waals surface area contributed by atoms with Gasteiger partial charge in [-0.05, 0) is 51.4 Å². The Morgan fingerprint density at radius 2 is 0.850 bits per heavy atom. The summed E-state index contributed by atoms with van der Waals surface area (Å²) < 4.78 is 0. The highest BCUT2D eigenvalue weighted by Crippen LogP contribution is 2.27. The van der Waals surface area contributed by atoms with Crippen LogP contribution in [0.15, 0.2) is 35.5 Å². The van der Waals surface area contributed by atoms with E-state index in [0.717, 1.165) is 0 Å². The third kappa shape index (κ3) is 6.11. The van der Waals surface area contributed by atoms with Gasteiger partial charge in [-0.25, -0.2) is 0 Å². The fraction of sp³-hybridized carbons (Fsp3) is 0.700. The van der Waals surface area contributed by atoms with E-state index in [1.54, 1.807) is 11.1 Å². The van der Waals surface area contributed by atoms with Crippen LogP contribution in [0.25, 0.3) is 0 Å². The van der Waals surface area contributed by atoms with Crippen LogP contribution in [-0.2, 0) is 0 Å². The van der Waals surface area contributed by atoms with Gasteiger partial charge in [-0.2, -0.15) is 0 Å². The molecule has 0 radical (unpaired) electrons. The number of hydrogen-bond donors (Lipinski definition) is 0. The molecule has 0 aromatic heterocycles. The van der Waals surface area contributed by atoms with Gasteiger partial charge in [0.05, 0.1) is 0 Å². The first-order valence-corrected chi connectivity index (χ1v) is 8.96. The normalized spacial score (nSPS) is 30.4. The van der Waals surface area contributed by atoms with Crippen LogP contribution in [-0.4, -0.2) is 0 Å².